The fourth-order valence-corrected chi connectivity index (χ4v) is 3.33. The van der Waals surface area contributed by atoms with E-state index in [1.54, 1.807) is 0 Å². The highest BCUT2D eigenvalue weighted by Crippen LogP contribution is 2.43. The van der Waals surface area contributed by atoms with Crippen LogP contribution in [0.5, 0.6) is 11.5 Å². The number of fused-ring (bicyclic) bond motifs is 2. The maximum Gasteiger partial charge on any atom is 0.246 e. The Morgan fingerprint density at radius 3 is 2.08 bits per heavy atom. The summed E-state index contributed by atoms with van der Waals surface area (Å²) in [6, 6.07) is 15.5. The summed E-state index contributed by atoms with van der Waals surface area (Å²) in [7, 11) is 2.10. The standard InChI is InChI=1S/C19H21N3O2/c1-21-10-12-22(13-11-21)20-19(23)18-14-6-2-4-8-16(14)24-17-9-5-3-7-15(17)18/h2-9,18H,10-13H2,1H3,(H,20,23). The summed E-state index contributed by atoms with van der Waals surface area (Å²) in [5.74, 6) is 1.18. The predicted octanol–water partition coefficient (Wildman–Crippen LogP) is 2.20. The van der Waals surface area contributed by atoms with Gasteiger partial charge in [0.15, 0.2) is 0 Å². The van der Waals surface area contributed by atoms with Crippen molar-refractivity contribution >= 4 is 5.91 Å². The van der Waals surface area contributed by atoms with Crippen molar-refractivity contribution in [1.82, 2.24) is 15.3 Å². The number of nitrogens with one attached hydrogen (secondary N) is 1. The molecule has 2 aromatic rings. The van der Waals surface area contributed by atoms with Crippen molar-refractivity contribution in [3.05, 3.63) is 59.7 Å². The molecule has 24 heavy (non-hydrogen) atoms. The van der Waals surface area contributed by atoms with Gasteiger partial charge in [0.1, 0.15) is 11.5 Å². The van der Waals surface area contributed by atoms with Gasteiger partial charge in [-0.25, -0.2) is 5.01 Å². The van der Waals surface area contributed by atoms with Crippen LogP contribution in [0.1, 0.15) is 17.0 Å². The largest absolute Gasteiger partial charge is 0.457 e. The third kappa shape index (κ3) is 2.77. The van der Waals surface area contributed by atoms with Crippen LogP contribution in [0.2, 0.25) is 0 Å². The van der Waals surface area contributed by atoms with Gasteiger partial charge >= 0.3 is 0 Å². The molecule has 0 bridgehead atoms. The van der Waals surface area contributed by atoms with Gasteiger partial charge in [-0.15, -0.1) is 0 Å². The van der Waals surface area contributed by atoms with E-state index in [-0.39, 0.29) is 11.8 Å². The highest BCUT2D eigenvalue weighted by atomic mass is 16.5. The SMILES string of the molecule is CN1CCN(NC(=O)C2c3ccccc3Oc3ccccc32)CC1. The Kier molecular flexibility index (Phi) is 3.96. The highest BCUT2D eigenvalue weighted by molar-refractivity contribution is 5.89. The van der Waals surface area contributed by atoms with Gasteiger partial charge in [0, 0.05) is 37.3 Å². The van der Waals surface area contributed by atoms with Crippen LogP contribution in [0.3, 0.4) is 0 Å². The van der Waals surface area contributed by atoms with E-state index in [2.05, 4.69) is 17.4 Å². The first-order valence-electron chi connectivity index (χ1n) is 8.32. The number of likely N-dealkylation sites (N-methyl/N-ethyl adjacent to an activating group) is 1. The van der Waals surface area contributed by atoms with E-state index in [1.165, 1.54) is 0 Å². The van der Waals surface area contributed by atoms with Crippen molar-refractivity contribution in [2.24, 2.45) is 0 Å². The van der Waals surface area contributed by atoms with Gasteiger partial charge < -0.3 is 9.64 Å². The quantitative estimate of drug-likeness (QED) is 0.920. The molecular formula is C19H21N3O2. The minimum Gasteiger partial charge on any atom is -0.457 e. The van der Waals surface area contributed by atoms with Crippen molar-refractivity contribution in [1.29, 1.82) is 0 Å². The van der Waals surface area contributed by atoms with Gasteiger partial charge in [-0.05, 0) is 19.2 Å². The maximum atomic E-state index is 13.1. The third-order valence-electron chi connectivity index (χ3n) is 4.71. The van der Waals surface area contributed by atoms with Crippen molar-refractivity contribution in [2.75, 3.05) is 33.2 Å². The lowest BCUT2D eigenvalue weighted by Crippen LogP contribution is -2.53. The molecular weight excluding hydrogens is 302 g/mol. The third-order valence-corrected chi connectivity index (χ3v) is 4.71. The number of carbonyl (C=O) groups is 1. The molecule has 124 valence electrons. The highest BCUT2D eigenvalue weighted by Gasteiger charge is 2.33. The van der Waals surface area contributed by atoms with Crippen molar-refractivity contribution < 1.29 is 9.53 Å². The molecule has 1 saturated heterocycles. The lowest BCUT2D eigenvalue weighted by molar-refractivity contribution is -0.127. The monoisotopic (exact) mass is 323 g/mol. The van der Waals surface area contributed by atoms with Gasteiger partial charge in [-0.3, -0.25) is 10.2 Å². The van der Waals surface area contributed by atoms with Crippen LogP contribution in [-0.2, 0) is 4.79 Å². The number of amides is 1. The van der Waals surface area contributed by atoms with Gasteiger partial charge in [-0.2, -0.15) is 0 Å². The maximum absolute atomic E-state index is 13.1. The predicted molar refractivity (Wildman–Crippen MR) is 92.0 cm³/mol. The van der Waals surface area contributed by atoms with Gasteiger partial charge in [0.25, 0.3) is 0 Å². The molecule has 2 aliphatic heterocycles. The van der Waals surface area contributed by atoms with Gasteiger partial charge in [0.05, 0.1) is 5.92 Å². The molecule has 1 N–H and O–H groups in total. The van der Waals surface area contributed by atoms with Crippen molar-refractivity contribution in [3.63, 3.8) is 0 Å². The molecule has 0 unspecified atom stereocenters. The summed E-state index contributed by atoms with van der Waals surface area (Å²) >= 11 is 0. The molecule has 0 spiro atoms. The number of ether oxygens (including phenoxy) is 1. The Balaban J connectivity index is 1.63. The zero-order valence-electron chi connectivity index (χ0n) is 13.7. The topological polar surface area (TPSA) is 44.8 Å². The second kappa shape index (κ2) is 6.26. The van der Waals surface area contributed by atoms with Crippen LogP contribution in [-0.4, -0.2) is 49.0 Å². The minimum absolute atomic E-state index is 0.00255. The molecule has 5 heteroatoms. The van der Waals surface area contributed by atoms with Crippen LogP contribution >= 0.6 is 0 Å². The number of nitrogens with zero attached hydrogens (tertiary/aromatic N) is 2. The van der Waals surface area contributed by atoms with Crippen molar-refractivity contribution in [3.8, 4) is 11.5 Å². The summed E-state index contributed by atoms with van der Waals surface area (Å²) in [5.41, 5.74) is 4.94. The molecule has 1 fully saturated rings. The molecule has 2 aliphatic rings. The Morgan fingerprint density at radius 1 is 0.958 bits per heavy atom. The normalized spacial score (nSPS) is 18.4. The summed E-state index contributed by atoms with van der Waals surface area (Å²) < 4.78 is 5.96. The summed E-state index contributed by atoms with van der Waals surface area (Å²) in [6.07, 6.45) is 0. The smallest absolute Gasteiger partial charge is 0.246 e. The van der Waals surface area contributed by atoms with E-state index >= 15 is 0 Å². The summed E-state index contributed by atoms with van der Waals surface area (Å²) in [4.78, 5) is 15.3. The second-order valence-corrected chi connectivity index (χ2v) is 6.38. The average Bonchev–Trinajstić information content (AvgIpc) is 2.61. The van der Waals surface area contributed by atoms with Crippen LogP contribution in [0.25, 0.3) is 0 Å². The Labute approximate surface area is 141 Å². The number of carbonyl (C=O) groups excluding carboxylic acids is 1. The van der Waals surface area contributed by atoms with Gasteiger partial charge in [0.2, 0.25) is 5.91 Å². The summed E-state index contributed by atoms with van der Waals surface area (Å²) in [6.45, 7) is 3.60. The fourth-order valence-electron chi connectivity index (χ4n) is 3.33. The Hall–Kier alpha value is -2.37. The first kappa shape index (κ1) is 15.2. The molecule has 0 atom stereocenters. The summed E-state index contributed by atoms with van der Waals surface area (Å²) in [5, 5.41) is 2.02. The minimum atomic E-state index is -0.342. The lowest BCUT2D eigenvalue weighted by atomic mass is 9.87. The number of hydrogen-bond acceptors (Lipinski definition) is 4. The van der Waals surface area contributed by atoms with E-state index in [0.29, 0.717) is 0 Å². The van der Waals surface area contributed by atoms with Crippen molar-refractivity contribution in [2.45, 2.75) is 5.92 Å². The zero-order valence-corrected chi connectivity index (χ0v) is 13.7. The zero-order chi connectivity index (χ0) is 16.5. The molecule has 5 nitrogen and oxygen atoms in total. The first-order chi connectivity index (χ1) is 11.7. The number of para-hydroxylation sites is 2. The lowest BCUT2D eigenvalue weighted by Gasteiger charge is -2.34. The van der Waals surface area contributed by atoms with E-state index in [1.807, 2.05) is 53.5 Å². The number of piperazine rings is 1. The first-order valence-corrected chi connectivity index (χ1v) is 8.32. The Bertz CT molecular complexity index is 708. The molecule has 1 amide bonds. The number of benzene rings is 2. The van der Waals surface area contributed by atoms with E-state index < -0.39 is 0 Å². The molecule has 0 saturated carbocycles. The molecule has 2 aromatic carbocycles. The number of hydrazine groups is 1. The average molecular weight is 323 g/mol. The molecule has 4 rings (SSSR count). The van der Waals surface area contributed by atoms with Crippen LogP contribution in [0.15, 0.2) is 48.5 Å². The van der Waals surface area contributed by atoms with Crippen LogP contribution in [0, 0.1) is 0 Å². The number of rotatable bonds is 2. The van der Waals surface area contributed by atoms with Crippen LogP contribution in [0.4, 0.5) is 0 Å². The van der Waals surface area contributed by atoms with Gasteiger partial charge in [-0.1, -0.05) is 36.4 Å². The van der Waals surface area contributed by atoms with E-state index in [0.717, 1.165) is 48.8 Å². The molecule has 0 radical (unpaired) electrons. The van der Waals surface area contributed by atoms with E-state index in [9.17, 15) is 4.79 Å². The van der Waals surface area contributed by atoms with Crippen LogP contribution < -0.4 is 10.2 Å². The molecule has 0 aliphatic carbocycles. The molecule has 2 heterocycles. The molecule has 0 aromatic heterocycles. The number of hydrogen-bond donors (Lipinski definition) is 1. The Morgan fingerprint density at radius 2 is 1.50 bits per heavy atom. The second-order valence-electron chi connectivity index (χ2n) is 6.38. The van der Waals surface area contributed by atoms with E-state index in [4.69, 9.17) is 4.74 Å². The fraction of sp³-hybridized carbons (Fsp3) is 0.316.